The molecule has 0 atom stereocenters. The number of nitrogens with zero attached hydrogens (tertiary/aromatic N) is 3. The fraction of sp³-hybridized carbons (Fsp3) is 0.606. The lowest BCUT2D eigenvalue weighted by Crippen LogP contribution is -2.44. The second kappa shape index (κ2) is 13.7. The zero-order valence-electron chi connectivity index (χ0n) is 24.2. The number of nitrogens with one attached hydrogen (secondary N) is 1. The number of anilines is 1. The van der Waals surface area contributed by atoms with Gasteiger partial charge in [-0.15, -0.1) is 0 Å². The summed E-state index contributed by atoms with van der Waals surface area (Å²) in [5.74, 6) is 1.98. The highest BCUT2D eigenvalue weighted by atomic mass is 16.5. The first kappa shape index (κ1) is 28.0. The van der Waals surface area contributed by atoms with Crippen molar-refractivity contribution in [2.24, 2.45) is 0 Å². The number of fused-ring (bicyclic) bond motifs is 1. The molecule has 2 aromatic rings. The molecule has 1 amide bonds. The number of amides is 1. The zero-order valence-corrected chi connectivity index (χ0v) is 24.2. The molecule has 0 unspecified atom stereocenters. The summed E-state index contributed by atoms with van der Waals surface area (Å²) in [5.41, 5.74) is 5.06. The number of carbonyl (C=O) groups excluding carboxylic acids is 1. The molecule has 0 radical (unpaired) electrons. The van der Waals surface area contributed by atoms with Crippen LogP contribution in [0.3, 0.4) is 0 Å². The van der Waals surface area contributed by atoms with Crippen LogP contribution in [0.1, 0.15) is 80.7 Å². The molecule has 1 aliphatic carbocycles. The molecular formula is C33H50N4O2. The van der Waals surface area contributed by atoms with E-state index in [1.165, 1.54) is 63.0 Å². The minimum Gasteiger partial charge on any atom is -0.493 e. The normalized spacial score (nSPS) is 21.0. The second-order valence-corrected chi connectivity index (χ2v) is 11.8. The number of piperazine rings is 1. The van der Waals surface area contributed by atoms with Crippen LogP contribution >= 0.6 is 0 Å². The van der Waals surface area contributed by atoms with E-state index in [2.05, 4.69) is 64.3 Å². The van der Waals surface area contributed by atoms with Crippen LogP contribution in [-0.4, -0.2) is 81.2 Å². The number of benzene rings is 2. The minimum atomic E-state index is 0. The van der Waals surface area contributed by atoms with Crippen molar-refractivity contribution in [1.29, 1.82) is 0 Å². The number of likely N-dealkylation sites (N-methyl/N-ethyl adjacent to an activating group) is 1. The molecule has 3 aliphatic heterocycles. The van der Waals surface area contributed by atoms with E-state index in [-0.39, 0.29) is 7.33 Å². The summed E-state index contributed by atoms with van der Waals surface area (Å²) < 4.78 is 5.66. The van der Waals surface area contributed by atoms with E-state index < -0.39 is 0 Å². The zero-order chi connectivity index (χ0) is 27.0. The maximum absolute atomic E-state index is 12.3. The maximum Gasteiger partial charge on any atom is 0.251 e. The quantitative estimate of drug-likeness (QED) is 0.544. The van der Waals surface area contributed by atoms with Gasteiger partial charge in [0.1, 0.15) is 5.75 Å². The number of hydrogen-bond acceptors (Lipinski definition) is 5. The van der Waals surface area contributed by atoms with Gasteiger partial charge in [0.15, 0.2) is 0 Å². The SMILES string of the molecule is CCN1CCC(c2cccc3c2CCO3)CC1.CN1CCN(c2ccc(C(=O)NC3CCCCC3)cc2)CC1.[HH]. The number of rotatable bonds is 5. The third-order valence-corrected chi connectivity index (χ3v) is 9.19. The van der Waals surface area contributed by atoms with Crippen molar-refractivity contribution in [3.05, 3.63) is 59.2 Å². The average molecular weight is 535 g/mol. The predicted octanol–water partition coefficient (Wildman–Crippen LogP) is 5.57. The Labute approximate surface area is 237 Å². The van der Waals surface area contributed by atoms with Crippen LogP contribution in [0, 0.1) is 0 Å². The number of carbonyl (C=O) groups is 1. The number of piperidine rings is 1. The molecule has 2 saturated heterocycles. The van der Waals surface area contributed by atoms with Crippen LogP contribution in [0.4, 0.5) is 5.69 Å². The number of likely N-dealkylation sites (tertiary alicyclic amines) is 1. The van der Waals surface area contributed by atoms with Crippen molar-refractivity contribution in [3.63, 3.8) is 0 Å². The topological polar surface area (TPSA) is 48.1 Å². The largest absolute Gasteiger partial charge is 0.493 e. The van der Waals surface area contributed by atoms with Crippen LogP contribution < -0.4 is 15.0 Å². The molecule has 1 N–H and O–H groups in total. The Morgan fingerprint density at radius 1 is 0.923 bits per heavy atom. The van der Waals surface area contributed by atoms with Gasteiger partial charge in [-0.2, -0.15) is 0 Å². The van der Waals surface area contributed by atoms with Gasteiger partial charge in [0, 0.05) is 56.9 Å². The molecule has 39 heavy (non-hydrogen) atoms. The second-order valence-electron chi connectivity index (χ2n) is 11.8. The average Bonchev–Trinajstić information content (AvgIpc) is 3.48. The molecule has 0 bridgehead atoms. The van der Waals surface area contributed by atoms with Gasteiger partial charge in [-0.05, 0) is 94.2 Å². The van der Waals surface area contributed by atoms with Crippen molar-refractivity contribution in [2.75, 3.05) is 64.4 Å². The van der Waals surface area contributed by atoms with Gasteiger partial charge in [0.25, 0.3) is 5.91 Å². The first-order chi connectivity index (χ1) is 19.1. The van der Waals surface area contributed by atoms with Crippen LogP contribution in [0.5, 0.6) is 5.75 Å². The van der Waals surface area contributed by atoms with Gasteiger partial charge < -0.3 is 24.8 Å². The molecule has 6 heteroatoms. The van der Waals surface area contributed by atoms with Gasteiger partial charge in [-0.3, -0.25) is 4.79 Å². The van der Waals surface area contributed by atoms with E-state index in [0.717, 1.165) is 69.3 Å². The molecule has 214 valence electrons. The Hall–Kier alpha value is -2.57. The minimum absolute atomic E-state index is 0. The van der Waals surface area contributed by atoms with Crippen molar-refractivity contribution in [1.82, 2.24) is 15.1 Å². The monoisotopic (exact) mass is 534 g/mol. The number of hydrogen-bond donors (Lipinski definition) is 1. The summed E-state index contributed by atoms with van der Waals surface area (Å²) in [6.07, 6.45) is 9.79. The Morgan fingerprint density at radius 2 is 1.64 bits per heavy atom. The molecule has 1 saturated carbocycles. The molecule has 4 aliphatic rings. The molecule has 0 aromatic heterocycles. The molecule has 6 nitrogen and oxygen atoms in total. The van der Waals surface area contributed by atoms with Crippen LogP contribution in [0.15, 0.2) is 42.5 Å². The fourth-order valence-corrected chi connectivity index (χ4v) is 6.60. The summed E-state index contributed by atoms with van der Waals surface area (Å²) in [4.78, 5) is 19.6. The first-order valence-corrected chi connectivity index (χ1v) is 15.4. The van der Waals surface area contributed by atoms with Crippen LogP contribution in [0.2, 0.25) is 0 Å². The Kier molecular flexibility index (Phi) is 9.81. The summed E-state index contributed by atoms with van der Waals surface area (Å²) in [6, 6.07) is 15.1. The number of ether oxygens (including phenoxy) is 1. The summed E-state index contributed by atoms with van der Waals surface area (Å²) >= 11 is 0. The standard InChI is InChI=1S/C18H27N3O.C15H21NO.H2/c1-20-11-13-21(14-12-20)17-9-7-15(8-10-17)18(22)19-16-5-3-2-4-6-16;1-2-16-9-6-12(7-10-16)13-4-3-5-15-14(13)8-11-17-15;/h7-10,16H,2-6,11-14H2,1H3,(H,19,22);3-5,12H,2,6-11H2,1H3;1H. The highest BCUT2D eigenvalue weighted by Crippen LogP contribution is 2.36. The lowest BCUT2D eigenvalue weighted by molar-refractivity contribution is 0.0927. The van der Waals surface area contributed by atoms with E-state index in [1.807, 2.05) is 12.1 Å². The van der Waals surface area contributed by atoms with Gasteiger partial charge in [-0.25, -0.2) is 0 Å². The molecule has 0 spiro atoms. The van der Waals surface area contributed by atoms with Crippen LogP contribution in [-0.2, 0) is 6.42 Å². The third-order valence-electron chi connectivity index (χ3n) is 9.19. The van der Waals surface area contributed by atoms with Gasteiger partial charge >= 0.3 is 0 Å². The smallest absolute Gasteiger partial charge is 0.251 e. The van der Waals surface area contributed by atoms with Crippen molar-refractivity contribution in [3.8, 4) is 5.75 Å². The van der Waals surface area contributed by atoms with E-state index in [4.69, 9.17) is 4.74 Å². The third kappa shape index (κ3) is 7.34. The van der Waals surface area contributed by atoms with Crippen LogP contribution in [0.25, 0.3) is 0 Å². The van der Waals surface area contributed by atoms with Gasteiger partial charge in [0.2, 0.25) is 0 Å². The van der Waals surface area contributed by atoms with Crippen molar-refractivity contribution < 1.29 is 11.0 Å². The van der Waals surface area contributed by atoms with Crippen molar-refractivity contribution >= 4 is 11.6 Å². The molecule has 6 rings (SSSR count). The maximum atomic E-state index is 12.3. The van der Waals surface area contributed by atoms with E-state index in [0.29, 0.717) is 6.04 Å². The lowest BCUT2D eigenvalue weighted by Gasteiger charge is -2.34. The molecular weight excluding hydrogens is 484 g/mol. The summed E-state index contributed by atoms with van der Waals surface area (Å²) in [7, 11) is 2.16. The Bertz CT molecular complexity index is 1060. The molecule has 3 fully saturated rings. The van der Waals surface area contributed by atoms with Crippen molar-refractivity contribution in [2.45, 2.75) is 70.3 Å². The Balaban J connectivity index is 0.000000186. The molecule has 2 aromatic carbocycles. The van der Waals surface area contributed by atoms with Gasteiger partial charge in [-0.1, -0.05) is 38.3 Å². The first-order valence-electron chi connectivity index (χ1n) is 15.4. The van der Waals surface area contributed by atoms with E-state index >= 15 is 0 Å². The summed E-state index contributed by atoms with van der Waals surface area (Å²) in [5, 5.41) is 3.18. The van der Waals surface area contributed by atoms with E-state index in [1.54, 1.807) is 5.56 Å². The highest BCUT2D eigenvalue weighted by molar-refractivity contribution is 5.94. The molecule has 3 heterocycles. The van der Waals surface area contributed by atoms with Gasteiger partial charge in [0.05, 0.1) is 6.61 Å². The summed E-state index contributed by atoms with van der Waals surface area (Å²) in [6.45, 7) is 11.2. The Morgan fingerprint density at radius 3 is 2.33 bits per heavy atom. The lowest BCUT2D eigenvalue weighted by atomic mass is 9.86. The highest BCUT2D eigenvalue weighted by Gasteiger charge is 2.25. The predicted molar refractivity (Wildman–Crippen MR) is 162 cm³/mol. The van der Waals surface area contributed by atoms with E-state index in [9.17, 15) is 4.79 Å². The fourth-order valence-electron chi connectivity index (χ4n) is 6.60.